The van der Waals surface area contributed by atoms with E-state index in [0.29, 0.717) is 0 Å². The van der Waals surface area contributed by atoms with Gasteiger partial charge in [-0.3, -0.25) is 3.63 Å². The second-order valence-corrected chi connectivity index (χ2v) is 9.53. The molecule has 1 nitrogen and oxygen atoms in total. The average molecular weight is 227 g/mol. The Balaban J connectivity index is 2.69. The van der Waals surface area contributed by atoms with Gasteiger partial charge in [0.1, 0.15) is 17.3 Å². The lowest BCUT2D eigenvalue weighted by atomic mass is 10.6. The molecule has 0 saturated carbocycles. The Morgan fingerprint density at radius 2 is 1.45 bits per heavy atom. The Bertz CT molecular complexity index is 67.6. The van der Waals surface area contributed by atoms with Crippen molar-refractivity contribution in [1.82, 2.24) is 0 Å². The van der Waals surface area contributed by atoms with Crippen LogP contribution in [0.25, 0.3) is 0 Å². The summed E-state index contributed by atoms with van der Waals surface area (Å²) in [6.07, 6.45) is 2.67. The average Bonchev–Trinajstić information content (AvgIpc) is 2.03. The van der Waals surface area contributed by atoms with Crippen molar-refractivity contribution < 1.29 is 3.63 Å². The normalized spacial score (nSPS) is 12.5. The molecular weight excluding hydrogens is 208 g/mol. The van der Waals surface area contributed by atoms with E-state index in [0.717, 1.165) is 0 Å². The maximum atomic E-state index is 5.39. The molecule has 0 fully saturated rings. The molecule has 0 amide bonds. The van der Waals surface area contributed by atoms with Gasteiger partial charge < -0.3 is 0 Å². The quantitative estimate of drug-likeness (QED) is 0.356. The third-order valence-corrected chi connectivity index (χ3v) is 8.82. The van der Waals surface area contributed by atoms with Crippen LogP contribution in [0.15, 0.2) is 0 Å². The molecule has 0 N–H and O–H groups in total. The van der Waals surface area contributed by atoms with Crippen LogP contribution < -0.4 is 0 Å². The van der Waals surface area contributed by atoms with Crippen LogP contribution in [-0.4, -0.2) is 17.3 Å². The van der Waals surface area contributed by atoms with Crippen molar-refractivity contribution in [2.75, 3.05) is 0 Å². The first-order valence-electron chi connectivity index (χ1n) is 4.32. The number of rotatable bonds is 8. The van der Waals surface area contributed by atoms with Gasteiger partial charge in [-0.05, 0) is 23.0 Å². The predicted octanol–water partition coefficient (Wildman–Crippen LogP) is 2.12. The summed E-state index contributed by atoms with van der Waals surface area (Å²) >= 11 is 3.53. The van der Waals surface area contributed by atoms with Crippen molar-refractivity contribution in [3.05, 3.63) is 0 Å². The summed E-state index contributed by atoms with van der Waals surface area (Å²) < 4.78 is 5.39. The van der Waals surface area contributed by atoms with E-state index in [9.17, 15) is 0 Å². The maximum absolute atomic E-state index is 5.39. The molecule has 11 heavy (non-hydrogen) atoms. The van der Waals surface area contributed by atoms with E-state index in [-0.39, 0.29) is 17.3 Å². The third-order valence-electron chi connectivity index (χ3n) is 1.26. The summed E-state index contributed by atoms with van der Waals surface area (Å²) in [5.41, 5.74) is 0. The number of hydrogen-bond acceptors (Lipinski definition) is 3. The minimum atomic E-state index is 0.0729. The van der Waals surface area contributed by atoms with Gasteiger partial charge >= 0.3 is 0 Å². The monoisotopic (exact) mass is 226 g/mol. The first-order valence-corrected chi connectivity index (χ1v) is 11.6. The van der Waals surface area contributed by atoms with Crippen LogP contribution in [0.5, 0.6) is 0 Å². The van der Waals surface area contributed by atoms with Gasteiger partial charge in [-0.25, -0.2) is 0 Å². The van der Waals surface area contributed by atoms with Gasteiger partial charge in [-0.1, -0.05) is 38.8 Å². The number of hydrogen-bond donors (Lipinski definition) is 0. The van der Waals surface area contributed by atoms with Crippen LogP contribution in [0, 0.1) is 0 Å². The molecule has 0 aromatic heterocycles. The molecule has 0 heterocycles. The molecule has 0 unspecified atom stereocenters. The topological polar surface area (TPSA) is 9.23 Å². The van der Waals surface area contributed by atoms with Gasteiger partial charge in [0.25, 0.3) is 0 Å². The van der Waals surface area contributed by atoms with Crippen molar-refractivity contribution >= 4 is 40.3 Å². The van der Waals surface area contributed by atoms with Crippen molar-refractivity contribution in [3.63, 3.8) is 0 Å². The van der Waals surface area contributed by atoms with Crippen LogP contribution >= 0.6 is 23.0 Å². The first-order chi connectivity index (χ1) is 5.41. The van der Waals surface area contributed by atoms with E-state index in [1.54, 1.807) is 23.0 Å². The van der Waals surface area contributed by atoms with Crippen LogP contribution in [0.3, 0.4) is 0 Å². The molecule has 0 aliphatic heterocycles. The molecule has 0 saturated heterocycles. The second-order valence-electron chi connectivity index (χ2n) is 2.42. The van der Waals surface area contributed by atoms with Gasteiger partial charge in [0, 0.05) is 0 Å². The Morgan fingerprint density at radius 3 is 1.82 bits per heavy atom. The fraction of sp³-hybridized carbons (Fsp3) is 1.00. The highest BCUT2D eigenvalue weighted by molar-refractivity contribution is 8.30. The molecule has 0 aromatic carbocycles. The minimum absolute atomic E-state index is 0.0729. The Kier molecular flexibility index (Phi) is 12.2. The van der Waals surface area contributed by atoms with Crippen LogP contribution in [0.4, 0.5) is 0 Å². The molecule has 0 bridgehead atoms. The lowest BCUT2D eigenvalue weighted by Gasteiger charge is -1.98. The van der Waals surface area contributed by atoms with Gasteiger partial charge in [-0.15, -0.1) is 0 Å². The second kappa shape index (κ2) is 11.1. The largest absolute Gasteiger partial charge is 0.262 e. The summed E-state index contributed by atoms with van der Waals surface area (Å²) in [7, 11) is 0.146. The molecule has 0 aliphatic carbocycles. The Labute approximate surface area is 82.8 Å². The standard InChI is InChI=1S/C6H18OS2Si2/c1-3-5-10-8-7-9-11-6-4-2/h3-6,10-11H2,1-2H3. The highest BCUT2D eigenvalue weighted by atomic mass is 32.4. The summed E-state index contributed by atoms with van der Waals surface area (Å²) in [6.45, 7) is 4.49. The predicted molar refractivity (Wildman–Crippen MR) is 63.6 cm³/mol. The molecule has 0 rings (SSSR count). The first kappa shape index (κ1) is 12.1. The van der Waals surface area contributed by atoms with E-state index in [2.05, 4.69) is 13.8 Å². The van der Waals surface area contributed by atoms with E-state index >= 15 is 0 Å². The summed E-state index contributed by atoms with van der Waals surface area (Å²) in [6, 6.07) is 2.83. The van der Waals surface area contributed by atoms with E-state index < -0.39 is 0 Å². The molecule has 0 aliphatic rings. The molecular formula is C6H18OS2Si2. The van der Waals surface area contributed by atoms with E-state index in [1.165, 1.54) is 24.9 Å². The smallest absolute Gasteiger partial charge is 0.123 e. The zero-order chi connectivity index (χ0) is 8.36. The van der Waals surface area contributed by atoms with Gasteiger partial charge in [-0.2, -0.15) is 0 Å². The SMILES string of the molecule is CCC[SiH2]SOS[SiH2]CCC. The van der Waals surface area contributed by atoms with E-state index in [4.69, 9.17) is 3.63 Å². The lowest BCUT2D eigenvalue weighted by Crippen LogP contribution is -1.84. The maximum Gasteiger partial charge on any atom is 0.123 e. The molecule has 68 valence electrons. The fourth-order valence-electron chi connectivity index (χ4n) is 0.509. The van der Waals surface area contributed by atoms with Crippen LogP contribution in [0.1, 0.15) is 26.7 Å². The van der Waals surface area contributed by atoms with Gasteiger partial charge in [0.05, 0.1) is 0 Å². The molecule has 0 spiro atoms. The summed E-state index contributed by atoms with van der Waals surface area (Å²) in [5.74, 6) is 0. The van der Waals surface area contributed by atoms with Crippen LogP contribution in [-0.2, 0) is 3.63 Å². The van der Waals surface area contributed by atoms with Crippen LogP contribution in [0.2, 0.25) is 12.1 Å². The molecule has 5 heteroatoms. The minimum Gasteiger partial charge on any atom is -0.262 e. The van der Waals surface area contributed by atoms with Crippen molar-refractivity contribution in [2.24, 2.45) is 0 Å². The fourth-order valence-corrected chi connectivity index (χ4v) is 8.25. The highest BCUT2D eigenvalue weighted by Gasteiger charge is 1.91. The van der Waals surface area contributed by atoms with Crippen molar-refractivity contribution in [1.29, 1.82) is 0 Å². The van der Waals surface area contributed by atoms with Crippen molar-refractivity contribution in [3.8, 4) is 0 Å². The molecule has 0 radical (unpaired) electrons. The lowest BCUT2D eigenvalue weighted by molar-refractivity contribution is 0.780. The zero-order valence-electron chi connectivity index (χ0n) is 7.47. The summed E-state index contributed by atoms with van der Waals surface area (Å²) in [5, 5.41) is 0. The van der Waals surface area contributed by atoms with E-state index in [1.807, 2.05) is 0 Å². The Morgan fingerprint density at radius 1 is 1.00 bits per heavy atom. The van der Waals surface area contributed by atoms with Gasteiger partial charge in [0.15, 0.2) is 0 Å². The Hall–Kier alpha value is 1.09. The zero-order valence-corrected chi connectivity index (χ0v) is 11.9. The molecule has 0 aromatic rings. The molecule has 0 atom stereocenters. The van der Waals surface area contributed by atoms with Crippen molar-refractivity contribution in [2.45, 2.75) is 38.8 Å². The highest BCUT2D eigenvalue weighted by Crippen LogP contribution is 2.14. The summed E-state index contributed by atoms with van der Waals surface area (Å²) in [4.78, 5) is 0. The van der Waals surface area contributed by atoms with Gasteiger partial charge in [0.2, 0.25) is 0 Å². The third kappa shape index (κ3) is 11.1.